The minimum Gasteiger partial charge on any atom is -0.300 e. The van der Waals surface area contributed by atoms with Gasteiger partial charge in [-0.05, 0) is 26.1 Å². The number of fused-ring (bicyclic) bond motifs is 1. The van der Waals surface area contributed by atoms with Crippen molar-refractivity contribution in [2.75, 3.05) is 7.05 Å². The van der Waals surface area contributed by atoms with Gasteiger partial charge in [-0.2, -0.15) is 0 Å². The largest absolute Gasteiger partial charge is 0.300 e. The van der Waals surface area contributed by atoms with Gasteiger partial charge in [0.2, 0.25) is 0 Å². The molecule has 0 spiro atoms. The lowest BCUT2D eigenvalue weighted by molar-refractivity contribution is 0.460. The van der Waals surface area contributed by atoms with Crippen LogP contribution in [0.1, 0.15) is 13.1 Å². The van der Waals surface area contributed by atoms with Crippen molar-refractivity contribution >= 4 is 22.5 Å². The number of hydrogen-bond acceptors (Lipinski definition) is 3. The lowest BCUT2D eigenvalue weighted by Gasteiger charge is -2.14. The first-order chi connectivity index (χ1) is 7.65. The molecule has 5 heteroatoms. The summed E-state index contributed by atoms with van der Waals surface area (Å²) in [7, 11) is 1.79. The molecule has 0 saturated carbocycles. The molecule has 0 fully saturated rings. The molecule has 0 saturated heterocycles. The predicted molar refractivity (Wildman–Crippen MR) is 64.8 cm³/mol. The summed E-state index contributed by atoms with van der Waals surface area (Å²) in [6.07, 6.45) is 1.42. The van der Waals surface area contributed by atoms with Crippen LogP contribution in [0.3, 0.4) is 0 Å². The van der Waals surface area contributed by atoms with E-state index >= 15 is 0 Å². The van der Waals surface area contributed by atoms with Crippen molar-refractivity contribution in [2.24, 2.45) is 0 Å². The molecular weight excluding hydrogens is 226 g/mol. The van der Waals surface area contributed by atoms with E-state index < -0.39 is 0 Å². The highest BCUT2D eigenvalue weighted by atomic mass is 35.5. The van der Waals surface area contributed by atoms with Gasteiger partial charge >= 0.3 is 0 Å². The van der Waals surface area contributed by atoms with Crippen LogP contribution in [-0.4, -0.2) is 16.6 Å². The summed E-state index contributed by atoms with van der Waals surface area (Å²) in [6, 6.07) is 5.25. The van der Waals surface area contributed by atoms with Crippen LogP contribution in [0.5, 0.6) is 0 Å². The van der Waals surface area contributed by atoms with E-state index in [0.717, 1.165) is 0 Å². The van der Waals surface area contributed by atoms with Crippen LogP contribution in [-0.2, 0) is 0 Å². The monoisotopic (exact) mass is 237 g/mol. The van der Waals surface area contributed by atoms with Gasteiger partial charge in [-0.3, -0.25) is 9.36 Å². The second-order valence-corrected chi connectivity index (χ2v) is 3.96. The zero-order valence-electron chi connectivity index (χ0n) is 9.07. The second-order valence-electron chi connectivity index (χ2n) is 3.56. The van der Waals surface area contributed by atoms with Crippen molar-refractivity contribution in [1.82, 2.24) is 14.9 Å². The molecule has 1 N–H and O–H groups in total. The third kappa shape index (κ3) is 1.70. The molecule has 1 aromatic carbocycles. The van der Waals surface area contributed by atoms with E-state index in [1.807, 2.05) is 6.92 Å². The van der Waals surface area contributed by atoms with Gasteiger partial charge in [-0.1, -0.05) is 17.7 Å². The Labute approximate surface area is 97.9 Å². The molecule has 1 aromatic heterocycles. The first-order valence-electron chi connectivity index (χ1n) is 4.97. The molecule has 0 aliphatic rings. The summed E-state index contributed by atoms with van der Waals surface area (Å²) >= 11 is 6.01. The highest BCUT2D eigenvalue weighted by Crippen LogP contribution is 2.17. The fraction of sp³-hybridized carbons (Fsp3) is 0.273. The molecule has 2 aromatic rings. The molecule has 0 aliphatic carbocycles. The van der Waals surface area contributed by atoms with Crippen LogP contribution >= 0.6 is 11.6 Å². The Hall–Kier alpha value is -1.39. The number of nitrogens with one attached hydrogen (secondary N) is 1. The topological polar surface area (TPSA) is 46.9 Å². The summed E-state index contributed by atoms with van der Waals surface area (Å²) in [6.45, 7) is 1.88. The van der Waals surface area contributed by atoms with Crippen molar-refractivity contribution in [1.29, 1.82) is 0 Å². The van der Waals surface area contributed by atoms with E-state index in [0.29, 0.717) is 15.9 Å². The van der Waals surface area contributed by atoms with E-state index in [1.165, 1.54) is 10.9 Å². The Kier molecular flexibility index (Phi) is 2.94. The summed E-state index contributed by atoms with van der Waals surface area (Å²) in [5.41, 5.74) is 0.495. The summed E-state index contributed by atoms with van der Waals surface area (Å²) in [5.74, 6) is 0. The molecule has 4 nitrogen and oxygen atoms in total. The van der Waals surface area contributed by atoms with Crippen LogP contribution in [0.15, 0.2) is 29.3 Å². The van der Waals surface area contributed by atoms with Crippen molar-refractivity contribution in [3.05, 3.63) is 39.9 Å². The third-order valence-corrected chi connectivity index (χ3v) is 2.91. The summed E-state index contributed by atoms with van der Waals surface area (Å²) < 4.78 is 1.52. The van der Waals surface area contributed by atoms with Gasteiger partial charge in [0.1, 0.15) is 0 Å². The number of benzene rings is 1. The maximum absolute atomic E-state index is 12.1. The zero-order valence-corrected chi connectivity index (χ0v) is 9.82. The molecular formula is C11H12ClN3O. The molecule has 16 heavy (non-hydrogen) atoms. The predicted octanol–water partition coefficient (Wildman–Crippen LogP) is 1.79. The fourth-order valence-corrected chi connectivity index (χ4v) is 1.80. The van der Waals surface area contributed by atoms with E-state index in [9.17, 15) is 4.79 Å². The van der Waals surface area contributed by atoms with E-state index in [2.05, 4.69) is 10.3 Å². The molecule has 1 unspecified atom stereocenters. The van der Waals surface area contributed by atoms with Gasteiger partial charge in [0.25, 0.3) is 5.56 Å². The molecule has 2 rings (SSSR count). The maximum Gasteiger partial charge on any atom is 0.264 e. The van der Waals surface area contributed by atoms with Crippen LogP contribution in [0.2, 0.25) is 5.02 Å². The lowest BCUT2D eigenvalue weighted by atomic mass is 10.2. The van der Waals surface area contributed by atoms with Crippen LogP contribution in [0, 0.1) is 0 Å². The van der Waals surface area contributed by atoms with Gasteiger partial charge in [0.15, 0.2) is 0 Å². The van der Waals surface area contributed by atoms with Gasteiger partial charge in [0, 0.05) is 0 Å². The quantitative estimate of drug-likeness (QED) is 0.866. The Morgan fingerprint density at radius 3 is 2.94 bits per heavy atom. The maximum atomic E-state index is 12.1. The fourth-order valence-electron chi connectivity index (χ4n) is 1.55. The highest BCUT2D eigenvalue weighted by molar-refractivity contribution is 6.35. The smallest absolute Gasteiger partial charge is 0.264 e. The lowest BCUT2D eigenvalue weighted by Crippen LogP contribution is -2.30. The second kappa shape index (κ2) is 4.23. The Morgan fingerprint density at radius 2 is 2.25 bits per heavy atom. The van der Waals surface area contributed by atoms with Gasteiger partial charge < -0.3 is 5.32 Å². The number of aromatic nitrogens is 2. The minimum absolute atomic E-state index is 0.110. The average Bonchev–Trinajstić information content (AvgIpc) is 2.28. The van der Waals surface area contributed by atoms with Gasteiger partial charge in [-0.15, -0.1) is 0 Å². The first kappa shape index (κ1) is 11.1. The molecule has 0 radical (unpaired) electrons. The first-order valence-corrected chi connectivity index (χ1v) is 5.35. The number of nitrogens with zero attached hydrogens (tertiary/aromatic N) is 2. The number of hydrogen-bond donors (Lipinski definition) is 1. The van der Waals surface area contributed by atoms with Gasteiger partial charge in [0.05, 0.1) is 28.4 Å². The van der Waals surface area contributed by atoms with E-state index in [4.69, 9.17) is 11.6 Å². The molecule has 1 atom stereocenters. The van der Waals surface area contributed by atoms with Gasteiger partial charge in [-0.25, -0.2) is 4.98 Å². The van der Waals surface area contributed by atoms with Crippen molar-refractivity contribution < 1.29 is 0 Å². The van der Waals surface area contributed by atoms with Crippen LogP contribution < -0.4 is 10.9 Å². The average molecular weight is 238 g/mol. The molecule has 0 amide bonds. The Bertz CT molecular complexity index is 579. The number of rotatable bonds is 2. The van der Waals surface area contributed by atoms with E-state index in [-0.39, 0.29) is 11.7 Å². The molecule has 1 heterocycles. The van der Waals surface area contributed by atoms with Crippen molar-refractivity contribution in [3.63, 3.8) is 0 Å². The summed E-state index contributed by atoms with van der Waals surface area (Å²) in [5, 5.41) is 3.89. The van der Waals surface area contributed by atoms with Crippen molar-refractivity contribution in [2.45, 2.75) is 13.1 Å². The number of halogens is 1. The highest BCUT2D eigenvalue weighted by Gasteiger charge is 2.10. The molecule has 0 aliphatic heterocycles. The zero-order chi connectivity index (χ0) is 11.7. The molecule has 0 bridgehead atoms. The van der Waals surface area contributed by atoms with Crippen molar-refractivity contribution in [3.8, 4) is 0 Å². The Morgan fingerprint density at radius 1 is 1.50 bits per heavy atom. The SMILES string of the molecule is CNC(C)n1cnc2cccc(Cl)c2c1=O. The minimum atomic E-state index is -0.127. The standard InChI is InChI=1S/C11H12ClN3O/c1-7(13-2)15-6-14-9-5-3-4-8(12)10(9)11(15)16/h3-7,13H,1-2H3. The summed E-state index contributed by atoms with van der Waals surface area (Å²) in [4.78, 5) is 16.4. The molecule has 84 valence electrons. The Balaban J connectivity index is 2.79. The van der Waals surface area contributed by atoms with E-state index in [1.54, 1.807) is 25.2 Å². The van der Waals surface area contributed by atoms with Crippen LogP contribution in [0.4, 0.5) is 0 Å². The third-order valence-electron chi connectivity index (χ3n) is 2.60. The van der Waals surface area contributed by atoms with Crippen LogP contribution in [0.25, 0.3) is 10.9 Å². The normalized spacial score (nSPS) is 12.9.